The number of ether oxygens (including phenoxy) is 1. The number of carbonyl (C=O) groups is 1. The van der Waals surface area contributed by atoms with Crippen molar-refractivity contribution in [3.05, 3.63) is 60.3 Å². The van der Waals surface area contributed by atoms with Gasteiger partial charge in [0.1, 0.15) is 5.82 Å². The lowest BCUT2D eigenvalue weighted by Crippen LogP contribution is -2.52. The molecule has 31 heavy (non-hydrogen) atoms. The summed E-state index contributed by atoms with van der Waals surface area (Å²) >= 11 is 0. The van der Waals surface area contributed by atoms with Crippen LogP contribution in [0.4, 0.5) is 5.82 Å². The van der Waals surface area contributed by atoms with Gasteiger partial charge in [-0.25, -0.2) is 4.98 Å². The summed E-state index contributed by atoms with van der Waals surface area (Å²) in [4.78, 5) is 24.2. The molecule has 3 heterocycles. The Balaban J connectivity index is 1.31. The molecule has 7 heteroatoms. The highest BCUT2D eigenvalue weighted by Crippen LogP contribution is 2.25. The van der Waals surface area contributed by atoms with Crippen molar-refractivity contribution in [3.63, 3.8) is 0 Å². The van der Waals surface area contributed by atoms with Gasteiger partial charge in [0.2, 0.25) is 5.91 Å². The molecule has 1 aromatic carbocycles. The molecule has 2 aliphatic rings. The monoisotopic (exact) mass is 423 g/mol. The number of pyridine rings is 1. The average Bonchev–Trinajstić information content (AvgIpc) is 2.82. The lowest BCUT2D eigenvalue weighted by molar-refractivity contribution is -0.123. The summed E-state index contributed by atoms with van der Waals surface area (Å²) in [6.07, 6.45) is 1.83. The molecule has 1 amide bonds. The van der Waals surface area contributed by atoms with Crippen molar-refractivity contribution in [2.24, 2.45) is 0 Å². The topological polar surface area (TPSA) is 60.9 Å². The van der Waals surface area contributed by atoms with Crippen molar-refractivity contribution in [2.75, 3.05) is 63.9 Å². The summed E-state index contributed by atoms with van der Waals surface area (Å²) < 4.78 is 5.54. The van der Waals surface area contributed by atoms with E-state index in [0.717, 1.165) is 58.3 Å². The third-order valence-corrected chi connectivity index (χ3v) is 6.16. The number of aromatic nitrogens is 1. The van der Waals surface area contributed by atoms with Gasteiger partial charge in [-0.15, -0.1) is 0 Å². The number of nitrogens with one attached hydrogen (secondary N) is 1. The Labute approximate surface area is 185 Å². The van der Waals surface area contributed by atoms with E-state index < -0.39 is 0 Å². The molecule has 4 rings (SSSR count). The molecule has 0 radical (unpaired) electrons. The van der Waals surface area contributed by atoms with Crippen LogP contribution < -0.4 is 10.2 Å². The van der Waals surface area contributed by atoms with E-state index in [9.17, 15) is 4.79 Å². The molecule has 2 saturated heterocycles. The lowest BCUT2D eigenvalue weighted by atomic mass is 9.98. The summed E-state index contributed by atoms with van der Waals surface area (Å²) in [7, 11) is 0. The predicted molar refractivity (Wildman–Crippen MR) is 122 cm³/mol. The minimum absolute atomic E-state index is 0.0165. The number of hydrogen-bond donors (Lipinski definition) is 1. The first kappa shape index (κ1) is 21.7. The fourth-order valence-corrected chi connectivity index (χ4v) is 4.58. The maximum Gasteiger partial charge on any atom is 0.234 e. The number of amides is 1. The smallest absolute Gasteiger partial charge is 0.234 e. The quantitative estimate of drug-likeness (QED) is 0.733. The van der Waals surface area contributed by atoms with E-state index >= 15 is 0 Å². The molecule has 7 nitrogen and oxygen atoms in total. The number of nitrogens with zero attached hydrogens (tertiary/aromatic N) is 4. The van der Waals surface area contributed by atoms with E-state index in [-0.39, 0.29) is 18.0 Å². The van der Waals surface area contributed by atoms with Gasteiger partial charge in [0.25, 0.3) is 0 Å². The summed E-state index contributed by atoms with van der Waals surface area (Å²) in [5.41, 5.74) is 1.24. The number of carbonyl (C=O) groups excluding carboxylic acids is 1. The molecule has 0 spiro atoms. The van der Waals surface area contributed by atoms with Crippen molar-refractivity contribution in [3.8, 4) is 0 Å². The lowest BCUT2D eigenvalue weighted by Gasteiger charge is -2.39. The summed E-state index contributed by atoms with van der Waals surface area (Å²) in [6.45, 7) is 9.31. The van der Waals surface area contributed by atoms with Crippen LogP contribution in [0.25, 0.3) is 0 Å². The molecule has 2 aromatic rings. The second-order valence-corrected chi connectivity index (χ2v) is 8.31. The average molecular weight is 424 g/mol. The molecule has 2 unspecified atom stereocenters. The molecule has 2 atom stereocenters. The van der Waals surface area contributed by atoms with Gasteiger partial charge in [0.15, 0.2) is 0 Å². The first-order valence-corrected chi connectivity index (χ1v) is 11.2. The fraction of sp³-hybridized carbons (Fsp3) is 0.500. The van der Waals surface area contributed by atoms with Gasteiger partial charge >= 0.3 is 0 Å². The third-order valence-electron chi connectivity index (χ3n) is 6.16. The van der Waals surface area contributed by atoms with Crippen LogP contribution >= 0.6 is 0 Å². The van der Waals surface area contributed by atoms with Crippen LogP contribution in [-0.2, 0) is 9.53 Å². The Morgan fingerprint density at radius 2 is 1.71 bits per heavy atom. The maximum absolute atomic E-state index is 12.9. The van der Waals surface area contributed by atoms with Crippen molar-refractivity contribution < 1.29 is 9.53 Å². The Morgan fingerprint density at radius 3 is 2.39 bits per heavy atom. The molecule has 0 bridgehead atoms. The summed E-state index contributed by atoms with van der Waals surface area (Å²) in [5, 5.41) is 3.28. The Hall–Kier alpha value is -2.48. The zero-order valence-corrected chi connectivity index (χ0v) is 18.3. The van der Waals surface area contributed by atoms with E-state index in [0.29, 0.717) is 6.54 Å². The van der Waals surface area contributed by atoms with Crippen molar-refractivity contribution >= 4 is 11.7 Å². The molecule has 0 saturated carbocycles. The van der Waals surface area contributed by atoms with Crippen molar-refractivity contribution in [2.45, 2.75) is 19.0 Å². The van der Waals surface area contributed by atoms with Crippen LogP contribution in [0.15, 0.2) is 54.7 Å². The van der Waals surface area contributed by atoms with Crippen molar-refractivity contribution in [1.29, 1.82) is 0 Å². The van der Waals surface area contributed by atoms with Crippen molar-refractivity contribution in [1.82, 2.24) is 20.1 Å². The van der Waals surface area contributed by atoms with Gasteiger partial charge in [0.05, 0.1) is 25.8 Å². The summed E-state index contributed by atoms with van der Waals surface area (Å²) in [5.74, 6) is 1.10. The second kappa shape index (κ2) is 10.7. The van der Waals surface area contributed by atoms with E-state index in [1.165, 1.54) is 5.56 Å². The Bertz CT molecular complexity index is 805. The Morgan fingerprint density at radius 1 is 1.00 bits per heavy atom. The zero-order valence-electron chi connectivity index (χ0n) is 18.3. The van der Waals surface area contributed by atoms with Crippen LogP contribution in [0, 0.1) is 0 Å². The largest absolute Gasteiger partial charge is 0.379 e. The second-order valence-electron chi connectivity index (χ2n) is 8.31. The third kappa shape index (κ3) is 5.81. The van der Waals surface area contributed by atoms with Crippen LogP contribution in [-0.4, -0.2) is 85.8 Å². The van der Waals surface area contributed by atoms with Gasteiger partial charge < -0.3 is 15.0 Å². The molecule has 1 N–H and O–H groups in total. The van der Waals surface area contributed by atoms with E-state index in [4.69, 9.17) is 4.74 Å². The molecule has 1 aromatic heterocycles. The molecule has 2 fully saturated rings. The van der Waals surface area contributed by atoms with Crippen LogP contribution in [0.3, 0.4) is 0 Å². The highest BCUT2D eigenvalue weighted by atomic mass is 16.5. The van der Waals surface area contributed by atoms with E-state index in [1.54, 1.807) is 0 Å². The Kier molecular flexibility index (Phi) is 7.51. The number of piperazine rings is 1. The normalized spacial score (nSPS) is 20.2. The maximum atomic E-state index is 12.9. The van der Waals surface area contributed by atoms with Gasteiger partial charge in [-0.2, -0.15) is 0 Å². The first-order chi connectivity index (χ1) is 15.2. The van der Waals surface area contributed by atoms with Crippen LogP contribution in [0.2, 0.25) is 0 Å². The molecular weight excluding hydrogens is 390 g/mol. The van der Waals surface area contributed by atoms with Gasteiger partial charge in [-0.3, -0.25) is 14.6 Å². The standard InChI is InChI=1S/C24H33N5O2/c1-20(24(21-7-3-2-4-8-21)29-15-17-31-18-16-29)26-23(30)19-27-11-13-28(14-12-27)22-9-5-6-10-25-22/h2-10,20,24H,11-19H2,1H3,(H,26,30). The summed E-state index contributed by atoms with van der Waals surface area (Å²) in [6, 6.07) is 16.6. The number of benzene rings is 1. The number of morpholine rings is 1. The van der Waals surface area contributed by atoms with Gasteiger partial charge in [0, 0.05) is 51.5 Å². The zero-order chi connectivity index (χ0) is 21.5. The van der Waals surface area contributed by atoms with Crippen LogP contribution in [0.5, 0.6) is 0 Å². The van der Waals surface area contributed by atoms with E-state index in [2.05, 4.69) is 56.2 Å². The molecule has 0 aliphatic carbocycles. The highest BCUT2D eigenvalue weighted by Gasteiger charge is 2.29. The van der Waals surface area contributed by atoms with E-state index in [1.807, 2.05) is 30.5 Å². The van der Waals surface area contributed by atoms with Crippen LogP contribution in [0.1, 0.15) is 18.5 Å². The number of hydrogen-bond acceptors (Lipinski definition) is 6. The van der Waals surface area contributed by atoms with Gasteiger partial charge in [-0.1, -0.05) is 36.4 Å². The fourth-order valence-electron chi connectivity index (χ4n) is 4.58. The first-order valence-electron chi connectivity index (χ1n) is 11.2. The molecule has 166 valence electrons. The number of anilines is 1. The van der Waals surface area contributed by atoms with Gasteiger partial charge in [-0.05, 0) is 24.6 Å². The SMILES string of the molecule is CC(NC(=O)CN1CCN(c2ccccn2)CC1)C(c1ccccc1)N1CCOCC1. The highest BCUT2D eigenvalue weighted by molar-refractivity contribution is 5.78. The number of rotatable bonds is 7. The minimum Gasteiger partial charge on any atom is -0.379 e. The molecule has 2 aliphatic heterocycles. The minimum atomic E-state index is 0.0165. The predicted octanol–water partition coefficient (Wildman–Crippen LogP) is 1.78. The molecular formula is C24H33N5O2.